The van der Waals surface area contributed by atoms with Crippen molar-refractivity contribution in [3.05, 3.63) is 53.6 Å². The number of aromatic hydroxyl groups is 1. The van der Waals surface area contributed by atoms with Gasteiger partial charge in [0.05, 0.1) is 14.2 Å². The third-order valence-electron chi connectivity index (χ3n) is 3.27. The number of benzene rings is 2. The molecule has 112 valence electrons. The molecule has 0 heterocycles. The molecule has 0 aliphatic rings. The third-order valence-corrected chi connectivity index (χ3v) is 3.27. The van der Waals surface area contributed by atoms with Crippen molar-refractivity contribution in [2.75, 3.05) is 20.8 Å². The number of nitrogens with one attached hydrogen (secondary N) is 1. The molecule has 0 bridgehead atoms. The van der Waals surface area contributed by atoms with Gasteiger partial charge in [-0.1, -0.05) is 12.1 Å². The van der Waals surface area contributed by atoms with Crippen molar-refractivity contribution in [2.45, 2.75) is 13.0 Å². The van der Waals surface area contributed by atoms with E-state index in [0.29, 0.717) is 5.75 Å². The second-order valence-electron chi connectivity index (χ2n) is 4.81. The normalized spacial score (nSPS) is 10.4. The van der Waals surface area contributed by atoms with Crippen molar-refractivity contribution >= 4 is 0 Å². The zero-order chi connectivity index (χ0) is 15.1. The Kier molecular flexibility index (Phi) is 5.46. The van der Waals surface area contributed by atoms with Crippen LogP contribution in [0.2, 0.25) is 0 Å². The highest BCUT2D eigenvalue weighted by Crippen LogP contribution is 2.22. The highest BCUT2D eigenvalue weighted by Gasteiger charge is 2.02. The number of ether oxygens (including phenoxy) is 2. The van der Waals surface area contributed by atoms with Gasteiger partial charge in [0.2, 0.25) is 0 Å². The zero-order valence-electron chi connectivity index (χ0n) is 12.4. The molecule has 0 aromatic heterocycles. The highest BCUT2D eigenvalue weighted by molar-refractivity contribution is 5.38. The van der Waals surface area contributed by atoms with Crippen LogP contribution in [0.3, 0.4) is 0 Å². The molecule has 0 atom stereocenters. The lowest BCUT2D eigenvalue weighted by atomic mass is 10.1. The van der Waals surface area contributed by atoms with Crippen LogP contribution in [0.1, 0.15) is 11.1 Å². The van der Waals surface area contributed by atoms with E-state index in [4.69, 9.17) is 9.47 Å². The summed E-state index contributed by atoms with van der Waals surface area (Å²) >= 11 is 0. The number of hydrogen-bond acceptors (Lipinski definition) is 4. The predicted octanol–water partition coefficient (Wildman–Crippen LogP) is 2.74. The summed E-state index contributed by atoms with van der Waals surface area (Å²) in [4.78, 5) is 0. The van der Waals surface area contributed by atoms with E-state index in [1.165, 1.54) is 5.56 Å². The minimum absolute atomic E-state index is 0.301. The first kappa shape index (κ1) is 15.2. The average molecular weight is 287 g/mol. The monoisotopic (exact) mass is 287 g/mol. The molecule has 2 rings (SSSR count). The summed E-state index contributed by atoms with van der Waals surface area (Å²) < 4.78 is 10.5. The standard InChI is InChI=1S/C17H21NO3/c1-20-16-9-14(10-17(11-16)21-2)12-18-8-7-13-3-5-15(19)6-4-13/h3-6,9-11,18-19H,7-8,12H2,1-2H3. The van der Waals surface area contributed by atoms with Crippen LogP contribution in [0.25, 0.3) is 0 Å². The molecule has 21 heavy (non-hydrogen) atoms. The minimum Gasteiger partial charge on any atom is -0.508 e. The van der Waals surface area contributed by atoms with E-state index >= 15 is 0 Å². The molecule has 0 saturated carbocycles. The van der Waals surface area contributed by atoms with E-state index in [-0.39, 0.29) is 0 Å². The van der Waals surface area contributed by atoms with Crippen LogP contribution in [-0.2, 0) is 13.0 Å². The molecule has 2 N–H and O–H groups in total. The van der Waals surface area contributed by atoms with E-state index in [9.17, 15) is 5.11 Å². The SMILES string of the molecule is COc1cc(CNCCc2ccc(O)cc2)cc(OC)c1. The molecule has 0 spiro atoms. The van der Waals surface area contributed by atoms with Crippen molar-refractivity contribution in [1.29, 1.82) is 0 Å². The van der Waals surface area contributed by atoms with Gasteiger partial charge >= 0.3 is 0 Å². The quantitative estimate of drug-likeness (QED) is 0.769. The topological polar surface area (TPSA) is 50.7 Å². The Labute approximate surface area is 125 Å². The van der Waals surface area contributed by atoms with E-state index in [2.05, 4.69) is 5.32 Å². The first-order valence-electron chi connectivity index (χ1n) is 6.92. The summed E-state index contributed by atoms with van der Waals surface area (Å²) in [5.74, 6) is 1.89. The lowest BCUT2D eigenvalue weighted by molar-refractivity contribution is 0.393. The summed E-state index contributed by atoms with van der Waals surface area (Å²) in [6.45, 7) is 1.62. The Hall–Kier alpha value is -2.20. The molecule has 0 aliphatic heterocycles. The highest BCUT2D eigenvalue weighted by atomic mass is 16.5. The Balaban J connectivity index is 1.84. The molecular weight excluding hydrogens is 266 g/mol. The Morgan fingerprint density at radius 2 is 1.52 bits per heavy atom. The number of rotatable bonds is 7. The van der Waals surface area contributed by atoms with Gasteiger partial charge in [-0.2, -0.15) is 0 Å². The Morgan fingerprint density at radius 1 is 0.905 bits per heavy atom. The van der Waals surface area contributed by atoms with Crippen molar-refractivity contribution in [2.24, 2.45) is 0 Å². The maximum Gasteiger partial charge on any atom is 0.122 e. The lowest BCUT2D eigenvalue weighted by Gasteiger charge is -2.09. The zero-order valence-corrected chi connectivity index (χ0v) is 12.4. The van der Waals surface area contributed by atoms with Gasteiger partial charge in [-0.15, -0.1) is 0 Å². The number of phenolic OH excluding ortho intramolecular Hbond substituents is 1. The second-order valence-corrected chi connectivity index (χ2v) is 4.81. The molecule has 0 unspecified atom stereocenters. The van der Waals surface area contributed by atoms with E-state index in [1.807, 2.05) is 30.3 Å². The number of hydrogen-bond donors (Lipinski definition) is 2. The van der Waals surface area contributed by atoms with Crippen LogP contribution in [0.4, 0.5) is 0 Å². The molecule has 0 fully saturated rings. The average Bonchev–Trinajstić information content (AvgIpc) is 2.53. The minimum atomic E-state index is 0.301. The van der Waals surface area contributed by atoms with Gasteiger partial charge in [-0.05, 0) is 48.4 Å². The number of phenols is 1. The first-order valence-corrected chi connectivity index (χ1v) is 6.92. The molecule has 2 aromatic rings. The molecule has 4 heteroatoms. The van der Waals surface area contributed by atoms with E-state index in [1.54, 1.807) is 26.4 Å². The van der Waals surface area contributed by atoms with Gasteiger partial charge in [0, 0.05) is 12.6 Å². The summed E-state index contributed by atoms with van der Waals surface area (Å²) in [6.07, 6.45) is 0.918. The van der Waals surface area contributed by atoms with Gasteiger partial charge in [0.25, 0.3) is 0 Å². The van der Waals surface area contributed by atoms with Gasteiger partial charge in [0.1, 0.15) is 17.2 Å². The molecular formula is C17H21NO3. The number of methoxy groups -OCH3 is 2. The van der Waals surface area contributed by atoms with Crippen molar-refractivity contribution in [3.8, 4) is 17.2 Å². The van der Waals surface area contributed by atoms with Crippen LogP contribution in [0.15, 0.2) is 42.5 Å². The van der Waals surface area contributed by atoms with Crippen LogP contribution in [0.5, 0.6) is 17.2 Å². The molecule has 0 radical (unpaired) electrons. The van der Waals surface area contributed by atoms with Gasteiger partial charge in [-0.25, -0.2) is 0 Å². The van der Waals surface area contributed by atoms with Gasteiger partial charge in [-0.3, -0.25) is 0 Å². The van der Waals surface area contributed by atoms with Crippen LogP contribution in [-0.4, -0.2) is 25.9 Å². The maximum atomic E-state index is 9.24. The molecule has 2 aromatic carbocycles. The fourth-order valence-electron chi connectivity index (χ4n) is 2.10. The first-order chi connectivity index (χ1) is 10.2. The van der Waals surface area contributed by atoms with E-state index < -0.39 is 0 Å². The summed E-state index contributed by atoms with van der Waals surface area (Å²) in [6, 6.07) is 13.1. The largest absolute Gasteiger partial charge is 0.508 e. The summed E-state index contributed by atoms with van der Waals surface area (Å²) in [5.41, 5.74) is 2.32. The molecule has 4 nitrogen and oxygen atoms in total. The van der Waals surface area contributed by atoms with Crippen LogP contribution >= 0.6 is 0 Å². The smallest absolute Gasteiger partial charge is 0.122 e. The van der Waals surface area contributed by atoms with E-state index in [0.717, 1.165) is 36.6 Å². The lowest BCUT2D eigenvalue weighted by Crippen LogP contribution is -2.16. The second kappa shape index (κ2) is 7.55. The van der Waals surface area contributed by atoms with Crippen molar-refractivity contribution in [1.82, 2.24) is 5.32 Å². The Bertz CT molecular complexity index is 544. The Morgan fingerprint density at radius 3 is 2.10 bits per heavy atom. The van der Waals surface area contributed by atoms with Crippen molar-refractivity contribution < 1.29 is 14.6 Å². The molecule has 0 aliphatic carbocycles. The summed E-state index contributed by atoms with van der Waals surface area (Å²) in [7, 11) is 3.30. The van der Waals surface area contributed by atoms with Gasteiger partial charge < -0.3 is 19.9 Å². The third kappa shape index (κ3) is 4.68. The predicted molar refractivity (Wildman–Crippen MR) is 83.1 cm³/mol. The molecule has 0 saturated heterocycles. The van der Waals surface area contributed by atoms with Gasteiger partial charge in [0.15, 0.2) is 0 Å². The maximum absolute atomic E-state index is 9.24. The fraction of sp³-hybridized carbons (Fsp3) is 0.294. The van der Waals surface area contributed by atoms with Crippen molar-refractivity contribution in [3.63, 3.8) is 0 Å². The molecule has 0 amide bonds. The van der Waals surface area contributed by atoms with Crippen LogP contribution < -0.4 is 14.8 Å². The summed E-state index contributed by atoms with van der Waals surface area (Å²) in [5, 5.41) is 12.6. The fourth-order valence-corrected chi connectivity index (χ4v) is 2.10. The van der Waals surface area contributed by atoms with Crippen LogP contribution in [0, 0.1) is 0 Å².